The van der Waals surface area contributed by atoms with Crippen molar-refractivity contribution >= 4 is 22.5 Å². The summed E-state index contributed by atoms with van der Waals surface area (Å²) < 4.78 is 10.6. The van der Waals surface area contributed by atoms with E-state index in [1.807, 2.05) is 37.3 Å². The number of benzene rings is 3. The number of ether oxygens (including phenoxy) is 2. The molecule has 3 aromatic rings. The average Bonchev–Trinajstić information content (AvgIpc) is 2.77. The molecule has 0 aromatic heterocycles. The van der Waals surface area contributed by atoms with E-state index in [-0.39, 0.29) is 24.5 Å². The fourth-order valence-electron chi connectivity index (χ4n) is 3.32. The van der Waals surface area contributed by atoms with Crippen LogP contribution in [0.15, 0.2) is 60.7 Å². The Balaban J connectivity index is 1.55. The van der Waals surface area contributed by atoms with Gasteiger partial charge in [-0.25, -0.2) is 0 Å². The van der Waals surface area contributed by atoms with Crippen LogP contribution < -0.4 is 9.47 Å². The minimum absolute atomic E-state index is 0.0422. The molecule has 0 saturated heterocycles. The maximum atomic E-state index is 12.5. The van der Waals surface area contributed by atoms with E-state index in [2.05, 4.69) is 6.07 Å². The first-order valence-corrected chi connectivity index (χ1v) is 10.1. The van der Waals surface area contributed by atoms with E-state index in [0.29, 0.717) is 18.7 Å². The third-order valence-electron chi connectivity index (χ3n) is 5.01. The van der Waals surface area contributed by atoms with Crippen LogP contribution in [0.2, 0.25) is 0 Å². The van der Waals surface area contributed by atoms with Crippen molar-refractivity contribution in [2.24, 2.45) is 0 Å². The summed E-state index contributed by atoms with van der Waals surface area (Å²) in [5.74, 6) is 1.46. The van der Waals surface area contributed by atoms with Crippen LogP contribution in [0.4, 0.5) is 0 Å². The summed E-state index contributed by atoms with van der Waals surface area (Å²) >= 11 is 0. The monoisotopic (exact) mass is 405 g/mol. The Hall–Kier alpha value is -3.34. The van der Waals surface area contributed by atoms with Gasteiger partial charge in [0.05, 0.1) is 13.7 Å². The number of carbonyl (C=O) groups is 2. The van der Waals surface area contributed by atoms with Crippen molar-refractivity contribution in [2.75, 3.05) is 20.8 Å². The van der Waals surface area contributed by atoms with Crippen molar-refractivity contribution in [3.63, 3.8) is 0 Å². The quantitative estimate of drug-likeness (QED) is 0.477. The Kier molecular flexibility index (Phi) is 7.07. The minimum atomic E-state index is -0.0517. The molecule has 0 bridgehead atoms. The fraction of sp³-hybridized carbons (Fsp3) is 0.280. The zero-order chi connectivity index (χ0) is 21.5. The van der Waals surface area contributed by atoms with E-state index in [0.717, 1.165) is 27.8 Å². The molecule has 5 nitrogen and oxygen atoms in total. The molecule has 0 unspecified atom stereocenters. The van der Waals surface area contributed by atoms with Crippen LogP contribution in [0.3, 0.4) is 0 Å². The highest BCUT2D eigenvalue weighted by molar-refractivity contribution is 5.98. The van der Waals surface area contributed by atoms with E-state index < -0.39 is 0 Å². The van der Waals surface area contributed by atoms with Crippen LogP contribution >= 0.6 is 0 Å². The number of rotatable bonds is 9. The number of carbonyl (C=O) groups excluding carboxylic acids is 2. The summed E-state index contributed by atoms with van der Waals surface area (Å²) in [5, 5.41) is 2.19. The van der Waals surface area contributed by atoms with E-state index in [1.54, 1.807) is 43.3 Å². The van der Waals surface area contributed by atoms with Gasteiger partial charge in [-0.15, -0.1) is 0 Å². The number of methoxy groups -OCH3 is 1. The molecule has 0 fully saturated rings. The molecular weight excluding hydrogens is 378 g/mol. The van der Waals surface area contributed by atoms with Gasteiger partial charge < -0.3 is 14.4 Å². The number of hydrogen-bond acceptors (Lipinski definition) is 4. The lowest BCUT2D eigenvalue weighted by molar-refractivity contribution is -0.130. The minimum Gasteiger partial charge on any atom is -0.497 e. The molecule has 3 aromatic carbocycles. The van der Waals surface area contributed by atoms with Crippen LogP contribution in [0, 0.1) is 0 Å². The number of fused-ring (bicyclic) bond motifs is 1. The molecule has 1 amide bonds. The Morgan fingerprint density at radius 3 is 2.23 bits per heavy atom. The Morgan fingerprint density at radius 2 is 1.53 bits per heavy atom. The number of nitrogens with zero attached hydrogens (tertiary/aromatic N) is 1. The smallest absolute Gasteiger partial charge is 0.223 e. The van der Waals surface area contributed by atoms with Crippen LogP contribution in [0.25, 0.3) is 10.8 Å². The standard InChI is InChI=1S/C25H27NO4/c1-4-30-22-10-7-19(8-11-22)24(27)13-14-25(28)26(2)17-18-5-6-21-16-23(29-3)12-9-20(21)15-18/h5-12,15-16H,4,13-14,17H2,1-3H3. The van der Waals surface area contributed by atoms with Gasteiger partial charge in [-0.2, -0.15) is 0 Å². The number of amides is 1. The average molecular weight is 405 g/mol. The molecule has 0 N–H and O–H groups in total. The van der Waals surface area contributed by atoms with E-state index in [4.69, 9.17) is 9.47 Å². The second-order valence-electron chi connectivity index (χ2n) is 7.18. The lowest BCUT2D eigenvalue weighted by Crippen LogP contribution is -2.26. The Morgan fingerprint density at radius 1 is 0.867 bits per heavy atom. The molecule has 0 radical (unpaired) electrons. The van der Waals surface area contributed by atoms with Crippen LogP contribution in [-0.4, -0.2) is 37.4 Å². The molecule has 0 aliphatic heterocycles. The summed E-state index contributed by atoms with van der Waals surface area (Å²) in [6.45, 7) is 2.99. The van der Waals surface area contributed by atoms with Crippen LogP contribution in [-0.2, 0) is 11.3 Å². The van der Waals surface area contributed by atoms with Gasteiger partial charge in [0.1, 0.15) is 11.5 Å². The molecule has 0 spiro atoms. The van der Waals surface area contributed by atoms with Crippen LogP contribution in [0.5, 0.6) is 11.5 Å². The second-order valence-corrected chi connectivity index (χ2v) is 7.18. The van der Waals surface area contributed by atoms with Crippen molar-refractivity contribution in [3.05, 3.63) is 71.8 Å². The summed E-state index contributed by atoms with van der Waals surface area (Å²) in [6.07, 6.45) is 0.377. The van der Waals surface area contributed by atoms with Gasteiger partial charge in [0.25, 0.3) is 0 Å². The Bertz CT molecular complexity index is 1030. The molecule has 0 aliphatic rings. The van der Waals surface area contributed by atoms with Gasteiger partial charge in [0.2, 0.25) is 5.91 Å². The van der Waals surface area contributed by atoms with E-state index in [9.17, 15) is 9.59 Å². The number of Topliss-reactive ketones (excluding diaryl/α,β-unsaturated/α-hetero) is 1. The zero-order valence-corrected chi connectivity index (χ0v) is 17.7. The lowest BCUT2D eigenvalue weighted by atomic mass is 10.1. The maximum absolute atomic E-state index is 12.5. The fourth-order valence-corrected chi connectivity index (χ4v) is 3.32. The number of ketones is 1. The highest BCUT2D eigenvalue weighted by atomic mass is 16.5. The second kappa shape index (κ2) is 9.92. The largest absolute Gasteiger partial charge is 0.497 e. The predicted octanol–water partition coefficient (Wildman–Crippen LogP) is 4.87. The SMILES string of the molecule is CCOc1ccc(C(=O)CCC(=O)N(C)Cc2ccc3cc(OC)ccc3c2)cc1. The molecule has 0 atom stereocenters. The highest BCUT2D eigenvalue weighted by Gasteiger charge is 2.13. The molecular formula is C25H27NO4. The van der Waals surface area contributed by atoms with Crippen molar-refractivity contribution in [2.45, 2.75) is 26.3 Å². The van der Waals surface area contributed by atoms with Crippen molar-refractivity contribution in [1.29, 1.82) is 0 Å². The van der Waals surface area contributed by atoms with Gasteiger partial charge >= 0.3 is 0 Å². The van der Waals surface area contributed by atoms with Gasteiger partial charge in [0, 0.05) is 32.0 Å². The van der Waals surface area contributed by atoms with Gasteiger partial charge in [-0.3, -0.25) is 9.59 Å². The van der Waals surface area contributed by atoms with Crippen molar-refractivity contribution in [3.8, 4) is 11.5 Å². The topological polar surface area (TPSA) is 55.8 Å². The first kappa shape index (κ1) is 21.4. The third kappa shape index (κ3) is 5.38. The molecule has 0 heterocycles. The molecule has 156 valence electrons. The van der Waals surface area contributed by atoms with Gasteiger partial charge in [-0.1, -0.05) is 18.2 Å². The zero-order valence-electron chi connectivity index (χ0n) is 17.7. The lowest BCUT2D eigenvalue weighted by Gasteiger charge is -2.17. The van der Waals surface area contributed by atoms with Crippen LogP contribution in [0.1, 0.15) is 35.7 Å². The summed E-state index contributed by atoms with van der Waals surface area (Å²) in [5.41, 5.74) is 1.64. The molecule has 30 heavy (non-hydrogen) atoms. The normalized spacial score (nSPS) is 10.6. The molecule has 0 saturated carbocycles. The maximum Gasteiger partial charge on any atom is 0.223 e. The summed E-state index contributed by atoms with van der Waals surface area (Å²) in [6, 6.07) is 19.1. The van der Waals surface area contributed by atoms with Crippen molar-refractivity contribution < 1.29 is 19.1 Å². The first-order valence-electron chi connectivity index (χ1n) is 10.1. The van der Waals surface area contributed by atoms with Crippen molar-refractivity contribution in [1.82, 2.24) is 4.90 Å². The van der Waals surface area contributed by atoms with E-state index in [1.165, 1.54) is 0 Å². The van der Waals surface area contributed by atoms with Gasteiger partial charge in [0.15, 0.2) is 5.78 Å². The highest BCUT2D eigenvalue weighted by Crippen LogP contribution is 2.22. The molecule has 3 rings (SSSR count). The molecule has 0 aliphatic carbocycles. The number of hydrogen-bond donors (Lipinski definition) is 0. The first-order chi connectivity index (χ1) is 14.5. The summed E-state index contributed by atoms with van der Waals surface area (Å²) in [7, 11) is 3.42. The Labute approximate surface area is 177 Å². The van der Waals surface area contributed by atoms with Gasteiger partial charge in [-0.05, 0) is 65.7 Å². The third-order valence-corrected chi connectivity index (χ3v) is 5.01. The van der Waals surface area contributed by atoms with E-state index >= 15 is 0 Å². The summed E-state index contributed by atoms with van der Waals surface area (Å²) in [4.78, 5) is 26.5. The predicted molar refractivity (Wildman–Crippen MR) is 118 cm³/mol. The molecule has 5 heteroatoms.